The number of amidine groups is 1. The minimum Gasteiger partial charge on any atom is -0.497 e. The molecule has 1 aliphatic carbocycles. The largest absolute Gasteiger partial charge is 0.497 e. The lowest BCUT2D eigenvalue weighted by atomic mass is 10.2. The van der Waals surface area contributed by atoms with Crippen LogP contribution in [0.2, 0.25) is 0 Å². The van der Waals surface area contributed by atoms with Crippen molar-refractivity contribution in [3.05, 3.63) is 29.8 Å². The molecular formula is C11H14N2O. The second-order valence-corrected chi connectivity index (χ2v) is 3.48. The monoisotopic (exact) mass is 190 g/mol. The lowest BCUT2D eigenvalue weighted by Crippen LogP contribution is -2.14. The van der Waals surface area contributed by atoms with Gasteiger partial charge in [0.05, 0.1) is 13.2 Å². The van der Waals surface area contributed by atoms with Crippen LogP contribution in [-0.2, 0) is 0 Å². The number of ether oxygens (including phenoxy) is 1. The molecule has 0 atom stereocenters. The molecule has 0 radical (unpaired) electrons. The highest BCUT2D eigenvalue weighted by molar-refractivity contribution is 5.98. The van der Waals surface area contributed by atoms with Crippen molar-refractivity contribution >= 4 is 5.84 Å². The number of benzene rings is 1. The fraction of sp³-hybridized carbons (Fsp3) is 0.364. The van der Waals surface area contributed by atoms with Gasteiger partial charge in [-0.25, -0.2) is 0 Å². The molecule has 0 aliphatic heterocycles. The summed E-state index contributed by atoms with van der Waals surface area (Å²) >= 11 is 0. The average molecular weight is 190 g/mol. The number of methoxy groups -OCH3 is 1. The lowest BCUT2D eigenvalue weighted by Gasteiger charge is -2.03. The van der Waals surface area contributed by atoms with Crippen LogP contribution in [0.4, 0.5) is 0 Å². The molecule has 0 heterocycles. The average Bonchev–Trinajstić information content (AvgIpc) is 3.02. The molecule has 0 aromatic heterocycles. The van der Waals surface area contributed by atoms with E-state index in [2.05, 4.69) is 4.99 Å². The number of nitrogens with two attached hydrogens (primary N) is 1. The summed E-state index contributed by atoms with van der Waals surface area (Å²) in [4.78, 5) is 4.37. The van der Waals surface area contributed by atoms with E-state index in [1.165, 1.54) is 12.8 Å². The fourth-order valence-corrected chi connectivity index (χ4v) is 1.26. The molecule has 74 valence electrons. The van der Waals surface area contributed by atoms with E-state index in [0.29, 0.717) is 11.9 Å². The fourth-order valence-electron chi connectivity index (χ4n) is 1.26. The van der Waals surface area contributed by atoms with Gasteiger partial charge in [-0.05, 0) is 25.0 Å². The zero-order valence-electron chi connectivity index (χ0n) is 8.23. The molecule has 1 aliphatic rings. The van der Waals surface area contributed by atoms with Crippen LogP contribution < -0.4 is 10.5 Å². The first-order valence-electron chi connectivity index (χ1n) is 4.77. The van der Waals surface area contributed by atoms with Gasteiger partial charge in [0.15, 0.2) is 0 Å². The molecule has 0 amide bonds. The SMILES string of the molecule is COc1cccc(C(N)=NC2CC2)c1. The quantitative estimate of drug-likeness (QED) is 0.581. The topological polar surface area (TPSA) is 47.6 Å². The second kappa shape index (κ2) is 3.70. The predicted molar refractivity (Wildman–Crippen MR) is 56.7 cm³/mol. The van der Waals surface area contributed by atoms with Crippen molar-refractivity contribution in [3.8, 4) is 5.75 Å². The van der Waals surface area contributed by atoms with Crippen LogP contribution in [0, 0.1) is 0 Å². The minimum absolute atomic E-state index is 0.459. The Bertz CT molecular complexity index is 356. The van der Waals surface area contributed by atoms with Crippen LogP contribution in [-0.4, -0.2) is 19.0 Å². The van der Waals surface area contributed by atoms with Crippen LogP contribution >= 0.6 is 0 Å². The molecule has 14 heavy (non-hydrogen) atoms. The molecule has 3 nitrogen and oxygen atoms in total. The number of hydrogen-bond donors (Lipinski definition) is 1. The van der Waals surface area contributed by atoms with Crippen molar-refractivity contribution in [1.29, 1.82) is 0 Å². The molecule has 1 saturated carbocycles. The normalized spacial score (nSPS) is 16.8. The van der Waals surface area contributed by atoms with Gasteiger partial charge < -0.3 is 10.5 Å². The maximum absolute atomic E-state index is 5.85. The summed E-state index contributed by atoms with van der Waals surface area (Å²) in [6, 6.07) is 8.13. The molecule has 2 N–H and O–H groups in total. The van der Waals surface area contributed by atoms with Gasteiger partial charge in [-0.15, -0.1) is 0 Å². The highest BCUT2D eigenvalue weighted by atomic mass is 16.5. The van der Waals surface area contributed by atoms with E-state index in [1.54, 1.807) is 7.11 Å². The zero-order chi connectivity index (χ0) is 9.97. The van der Waals surface area contributed by atoms with Crippen LogP contribution in [0.1, 0.15) is 18.4 Å². The molecule has 2 rings (SSSR count). The Morgan fingerprint density at radius 3 is 2.93 bits per heavy atom. The maximum atomic E-state index is 5.85. The standard InChI is InChI=1S/C11H14N2O/c1-14-10-4-2-3-8(7-10)11(12)13-9-5-6-9/h2-4,7,9H,5-6H2,1H3,(H2,12,13). The summed E-state index contributed by atoms with van der Waals surface area (Å²) in [5, 5.41) is 0. The molecular weight excluding hydrogens is 176 g/mol. The number of aliphatic imine (C=N–C) groups is 1. The highest BCUT2D eigenvalue weighted by Gasteiger charge is 2.20. The van der Waals surface area contributed by atoms with Crippen molar-refractivity contribution in [2.45, 2.75) is 18.9 Å². The highest BCUT2D eigenvalue weighted by Crippen LogP contribution is 2.24. The first-order chi connectivity index (χ1) is 6.79. The summed E-state index contributed by atoms with van der Waals surface area (Å²) in [7, 11) is 1.65. The number of rotatable bonds is 3. The maximum Gasteiger partial charge on any atom is 0.126 e. The smallest absolute Gasteiger partial charge is 0.126 e. The van der Waals surface area contributed by atoms with E-state index in [-0.39, 0.29) is 0 Å². The summed E-state index contributed by atoms with van der Waals surface area (Å²) in [5.74, 6) is 1.43. The van der Waals surface area contributed by atoms with Gasteiger partial charge in [0.1, 0.15) is 11.6 Å². The molecule has 0 unspecified atom stereocenters. The van der Waals surface area contributed by atoms with Crippen molar-refractivity contribution < 1.29 is 4.74 Å². The van der Waals surface area contributed by atoms with Crippen LogP contribution in [0.3, 0.4) is 0 Å². The lowest BCUT2D eigenvalue weighted by molar-refractivity contribution is 0.414. The van der Waals surface area contributed by atoms with Gasteiger partial charge in [0.25, 0.3) is 0 Å². The van der Waals surface area contributed by atoms with E-state index >= 15 is 0 Å². The van der Waals surface area contributed by atoms with Crippen LogP contribution in [0.5, 0.6) is 5.75 Å². The van der Waals surface area contributed by atoms with E-state index in [1.807, 2.05) is 24.3 Å². The summed E-state index contributed by atoms with van der Waals surface area (Å²) in [6.45, 7) is 0. The molecule has 1 aromatic rings. The third-order valence-electron chi connectivity index (χ3n) is 2.23. The molecule has 0 spiro atoms. The Morgan fingerprint density at radius 2 is 2.29 bits per heavy atom. The Labute approximate surface area is 83.6 Å². The first kappa shape index (κ1) is 9.06. The third-order valence-corrected chi connectivity index (χ3v) is 2.23. The number of nitrogens with zero attached hydrogens (tertiary/aromatic N) is 1. The zero-order valence-corrected chi connectivity index (χ0v) is 8.23. The molecule has 0 saturated heterocycles. The Balaban J connectivity index is 2.21. The van der Waals surface area contributed by atoms with E-state index < -0.39 is 0 Å². The Morgan fingerprint density at radius 1 is 1.50 bits per heavy atom. The van der Waals surface area contributed by atoms with Crippen LogP contribution in [0.25, 0.3) is 0 Å². The summed E-state index contributed by atoms with van der Waals surface area (Å²) in [5.41, 5.74) is 6.79. The van der Waals surface area contributed by atoms with Gasteiger partial charge in [0.2, 0.25) is 0 Å². The van der Waals surface area contributed by atoms with Crippen molar-refractivity contribution in [2.75, 3.05) is 7.11 Å². The van der Waals surface area contributed by atoms with Gasteiger partial charge in [-0.3, -0.25) is 4.99 Å². The van der Waals surface area contributed by atoms with Gasteiger partial charge in [0, 0.05) is 5.56 Å². The predicted octanol–water partition coefficient (Wildman–Crippen LogP) is 1.56. The van der Waals surface area contributed by atoms with Gasteiger partial charge in [-0.1, -0.05) is 12.1 Å². The molecule has 1 aromatic carbocycles. The van der Waals surface area contributed by atoms with Crippen molar-refractivity contribution in [3.63, 3.8) is 0 Å². The van der Waals surface area contributed by atoms with Crippen molar-refractivity contribution in [1.82, 2.24) is 0 Å². The Kier molecular flexibility index (Phi) is 2.39. The number of hydrogen-bond acceptors (Lipinski definition) is 2. The van der Waals surface area contributed by atoms with Crippen LogP contribution in [0.15, 0.2) is 29.3 Å². The van der Waals surface area contributed by atoms with Gasteiger partial charge >= 0.3 is 0 Å². The van der Waals surface area contributed by atoms with Crippen molar-refractivity contribution in [2.24, 2.45) is 10.7 Å². The minimum atomic E-state index is 0.459. The molecule has 0 bridgehead atoms. The first-order valence-corrected chi connectivity index (χ1v) is 4.77. The summed E-state index contributed by atoms with van der Waals surface area (Å²) in [6.07, 6.45) is 2.34. The Hall–Kier alpha value is -1.51. The molecule has 1 fully saturated rings. The van der Waals surface area contributed by atoms with E-state index in [4.69, 9.17) is 10.5 Å². The molecule has 3 heteroatoms. The van der Waals surface area contributed by atoms with Gasteiger partial charge in [-0.2, -0.15) is 0 Å². The van der Waals surface area contributed by atoms with E-state index in [0.717, 1.165) is 11.3 Å². The van der Waals surface area contributed by atoms with E-state index in [9.17, 15) is 0 Å². The third kappa shape index (κ3) is 2.05. The summed E-state index contributed by atoms with van der Waals surface area (Å²) < 4.78 is 5.12. The second-order valence-electron chi connectivity index (χ2n) is 3.48.